The van der Waals surface area contributed by atoms with Gasteiger partial charge in [-0.1, -0.05) is 81.1 Å². The van der Waals surface area contributed by atoms with E-state index in [1.807, 2.05) is 27.7 Å². The molecule has 31 heavy (non-hydrogen) atoms. The molecule has 4 nitrogen and oxygen atoms in total. The summed E-state index contributed by atoms with van der Waals surface area (Å²) in [6.07, 6.45) is 10.3. The molecule has 0 aromatic carbocycles. The third-order valence-electron chi connectivity index (χ3n) is 6.41. The van der Waals surface area contributed by atoms with Crippen LogP contribution >= 0.6 is 14.7 Å². The van der Waals surface area contributed by atoms with Gasteiger partial charge >= 0.3 is 19.5 Å². The van der Waals surface area contributed by atoms with E-state index in [9.17, 15) is 18.9 Å². The first-order chi connectivity index (χ1) is 14.1. The van der Waals surface area contributed by atoms with Crippen LogP contribution in [0.4, 0.5) is 0 Å². The summed E-state index contributed by atoms with van der Waals surface area (Å²) >= 11 is 0. The maximum atomic E-state index is 12.3. The molecule has 4 unspecified atom stereocenters. The third-order valence-corrected chi connectivity index (χ3v) is 13.0. The van der Waals surface area contributed by atoms with Gasteiger partial charge in [0.2, 0.25) is 0 Å². The molecule has 0 amide bonds. The Morgan fingerprint density at radius 1 is 0.484 bits per heavy atom. The summed E-state index contributed by atoms with van der Waals surface area (Å²) in [5.74, 6) is 0. The Labute approximate surface area is 207 Å². The summed E-state index contributed by atoms with van der Waals surface area (Å²) in [7, 11) is -6.39. The predicted octanol–water partition coefficient (Wildman–Crippen LogP) is 7.56. The van der Waals surface area contributed by atoms with Crippen LogP contribution in [0.2, 0.25) is 0 Å². The van der Waals surface area contributed by atoms with Gasteiger partial charge in [0.25, 0.3) is 0 Å². The SMILES string of the molecule is CCCC(CC)P(=O)([O-])C(CC)CCC.CCCC(CC)P(=O)([O-])C(CC)CCC.[Zn+2]. The summed E-state index contributed by atoms with van der Waals surface area (Å²) in [6.45, 7) is 16.2. The Morgan fingerprint density at radius 2 is 0.645 bits per heavy atom. The van der Waals surface area contributed by atoms with Gasteiger partial charge in [0, 0.05) is 14.7 Å². The summed E-state index contributed by atoms with van der Waals surface area (Å²) in [4.78, 5) is 24.6. The van der Waals surface area contributed by atoms with Crippen molar-refractivity contribution >= 4 is 14.7 Å². The van der Waals surface area contributed by atoms with Crippen molar-refractivity contribution in [1.29, 1.82) is 0 Å². The fraction of sp³-hybridized carbons (Fsp3) is 1.00. The number of rotatable bonds is 16. The van der Waals surface area contributed by atoms with E-state index in [2.05, 4.69) is 27.7 Å². The summed E-state index contributed by atoms with van der Waals surface area (Å²) in [6, 6.07) is 0. The molecule has 0 spiro atoms. The minimum Gasteiger partial charge on any atom is -0.799 e. The second kappa shape index (κ2) is 20.4. The Morgan fingerprint density at radius 3 is 0.742 bits per heavy atom. The molecule has 7 heteroatoms. The van der Waals surface area contributed by atoms with Crippen LogP contribution in [0.1, 0.15) is 132 Å². The van der Waals surface area contributed by atoms with Gasteiger partial charge in [-0.2, -0.15) is 0 Å². The molecule has 0 radical (unpaired) electrons. The summed E-state index contributed by atoms with van der Waals surface area (Å²) in [5.41, 5.74) is -0.337. The zero-order valence-corrected chi connectivity index (χ0v) is 26.8. The molecular weight excluding hydrogens is 480 g/mol. The second-order valence-corrected chi connectivity index (χ2v) is 14.2. The molecule has 0 aromatic heterocycles. The minimum absolute atomic E-state index is 0. The van der Waals surface area contributed by atoms with Crippen LogP contribution in [-0.2, 0) is 28.6 Å². The van der Waals surface area contributed by atoms with Crippen molar-refractivity contribution in [2.75, 3.05) is 0 Å². The van der Waals surface area contributed by atoms with Crippen molar-refractivity contribution in [3.8, 4) is 0 Å². The van der Waals surface area contributed by atoms with E-state index in [4.69, 9.17) is 0 Å². The van der Waals surface area contributed by atoms with Gasteiger partial charge in [0.1, 0.15) is 0 Å². The Balaban J connectivity index is -0.000000490. The second-order valence-electron chi connectivity index (χ2n) is 8.69. The molecule has 0 heterocycles. The van der Waals surface area contributed by atoms with Crippen LogP contribution in [0.25, 0.3) is 0 Å². The molecule has 0 rings (SSSR count). The topological polar surface area (TPSA) is 80.3 Å². The van der Waals surface area contributed by atoms with E-state index in [1.165, 1.54) is 0 Å². The fourth-order valence-electron chi connectivity index (χ4n) is 4.48. The van der Waals surface area contributed by atoms with Gasteiger partial charge in [-0.3, -0.25) is 0 Å². The molecule has 0 N–H and O–H groups in total. The molecule has 0 aliphatic rings. The van der Waals surface area contributed by atoms with E-state index >= 15 is 0 Å². The zero-order chi connectivity index (χ0) is 23.8. The van der Waals surface area contributed by atoms with Crippen LogP contribution in [0.15, 0.2) is 0 Å². The smallest absolute Gasteiger partial charge is 0.799 e. The van der Waals surface area contributed by atoms with Crippen molar-refractivity contribution in [3.63, 3.8) is 0 Å². The monoisotopic (exact) mass is 530 g/mol. The van der Waals surface area contributed by atoms with Crippen molar-refractivity contribution in [2.24, 2.45) is 0 Å². The number of hydrogen-bond acceptors (Lipinski definition) is 4. The zero-order valence-electron chi connectivity index (χ0n) is 22.0. The van der Waals surface area contributed by atoms with Gasteiger partial charge in [-0.05, 0) is 74.0 Å². The predicted molar refractivity (Wildman–Crippen MR) is 131 cm³/mol. The summed E-state index contributed by atoms with van der Waals surface area (Å²) < 4.78 is 24.6. The maximum Gasteiger partial charge on any atom is 2.00 e. The van der Waals surface area contributed by atoms with E-state index in [1.54, 1.807) is 0 Å². The molecule has 4 atom stereocenters. The number of hydrogen-bond donors (Lipinski definition) is 0. The molecule has 0 aliphatic carbocycles. The molecular formula is C24H52O4P2Zn. The Bertz CT molecular complexity index is 422. The van der Waals surface area contributed by atoms with E-state index in [0.29, 0.717) is 0 Å². The van der Waals surface area contributed by atoms with E-state index in [-0.39, 0.29) is 42.1 Å². The van der Waals surface area contributed by atoms with Crippen molar-refractivity contribution < 1.29 is 38.4 Å². The quantitative estimate of drug-likeness (QED) is 0.152. The standard InChI is InChI=1S/2C12H27O2P.Zn/c2*1-5-9-11(7-3)15(13,14)12(8-4)10-6-2;/h2*11-12H,5-10H2,1-4H3,(H,13,14);/q;;+2/p-2. The molecule has 184 valence electrons. The van der Waals surface area contributed by atoms with Crippen molar-refractivity contribution in [1.82, 2.24) is 0 Å². The average Bonchev–Trinajstić information content (AvgIpc) is 2.71. The van der Waals surface area contributed by atoms with Crippen LogP contribution in [0, 0.1) is 0 Å². The van der Waals surface area contributed by atoms with Crippen LogP contribution in [-0.4, -0.2) is 22.6 Å². The van der Waals surface area contributed by atoms with Gasteiger partial charge in [0.15, 0.2) is 0 Å². The fourth-order valence-corrected chi connectivity index (χ4v) is 10.2. The van der Waals surface area contributed by atoms with Crippen LogP contribution in [0.3, 0.4) is 0 Å². The average molecular weight is 532 g/mol. The normalized spacial score (nSPS) is 18.9. The first-order valence-corrected chi connectivity index (χ1v) is 16.2. The minimum atomic E-state index is -3.20. The Hall–Kier alpha value is 1.00. The van der Waals surface area contributed by atoms with Crippen LogP contribution in [0.5, 0.6) is 0 Å². The van der Waals surface area contributed by atoms with E-state index in [0.717, 1.165) is 77.0 Å². The van der Waals surface area contributed by atoms with Gasteiger partial charge in [-0.25, -0.2) is 0 Å². The molecule has 0 saturated heterocycles. The van der Waals surface area contributed by atoms with Gasteiger partial charge in [0.05, 0.1) is 0 Å². The first kappa shape index (κ1) is 36.6. The molecule has 0 aromatic rings. The molecule has 0 fully saturated rings. The van der Waals surface area contributed by atoms with Gasteiger partial charge in [-0.15, -0.1) is 0 Å². The first-order valence-electron chi connectivity index (χ1n) is 12.7. The maximum absolute atomic E-state index is 12.3. The van der Waals surface area contributed by atoms with Gasteiger partial charge < -0.3 is 18.9 Å². The molecule has 0 bridgehead atoms. The summed E-state index contributed by atoms with van der Waals surface area (Å²) in [5, 5.41) is 0. The van der Waals surface area contributed by atoms with Crippen LogP contribution < -0.4 is 9.79 Å². The molecule has 0 saturated carbocycles. The van der Waals surface area contributed by atoms with E-state index < -0.39 is 14.7 Å². The molecule has 0 aliphatic heterocycles. The van der Waals surface area contributed by atoms with Crippen molar-refractivity contribution in [2.45, 2.75) is 155 Å². The third kappa shape index (κ3) is 12.9. The Kier molecular flexibility index (Phi) is 24.0. The van der Waals surface area contributed by atoms with Crippen molar-refractivity contribution in [3.05, 3.63) is 0 Å². The largest absolute Gasteiger partial charge is 2.00 e.